The third-order valence-electron chi connectivity index (χ3n) is 3.95. The van der Waals surface area contributed by atoms with Crippen molar-refractivity contribution in [1.29, 1.82) is 0 Å². The standard InChI is InChI=1S/C20H15ClOS/c1-13-6-9-15(10-7-13)23-20-16-4-2-3-5-18(16)22-19-11-8-14(21)12-17(19)20/h2-12,20H,1H3/t20-/m0/s1. The predicted octanol–water partition coefficient (Wildman–Crippen LogP) is 6.64. The molecule has 114 valence electrons. The maximum Gasteiger partial charge on any atom is 0.132 e. The van der Waals surface area contributed by atoms with Gasteiger partial charge in [0.1, 0.15) is 11.5 Å². The molecule has 0 spiro atoms. The van der Waals surface area contributed by atoms with Gasteiger partial charge in [-0.3, -0.25) is 0 Å². The lowest BCUT2D eigenvalue weighted by Crippen LogP contribution is -2.07. The van der Waals surface area contributed by atoms with E-state index in [-0.39, 0.29) is 5.25 Å². The van der Waals surface area contributed by atoms with Crippen molar-refractivity contribution in [3.05, 3.63) is 88.4 Å². The molecule has 3 aromatic carbocycles. The Morgan fingerprint density at radius 3 is 2.43 bits per heavy atom. The summed E-state index contributed by atoms with van der Waals surface area (Å²) in [4.78, 5) is 1.24. The van der Waals surface area contributed by atoms with E-state index in [1.807, 2.05) is 42.1 Å². The van der Waals surface area contributed by atoms with Gasteiger partial charge in [-0.05, 0) is 43.3 Å². The molecule has 0 amide bonds. The molecule has 1 aliphatic heterocycles. The molecule has 1 atom stereocenters. The molecular weight excluding hydrogens is 324 g/mol. The van der Waals surface area contributed by atoms with E-state index < -0.39 is 0 Å². The Balaban J connectivity index is 1.81. The second-order valence-electron chi connectivity index (χ2n) is 5.63. The lowest BCUT2D eigenvalue weighted by Gasteiger charge is -2.28. The molecule has 0 unspecified atom stereocenters. The van der Waals surface area contributed by atoms with Crippen LogP contribution in [0, 0.1) is 6.92 Å². The maximum absolute atomic E-state index is 6.23. The van der Waals surface area contributed by atoms with Crippen LogP contribution in [-0.4, -0.2) is 0 Å². The molecule has 3 heteroatoms. The second-order valence-corrected chi connectivity index (χ2v) is 7.25. The first-order valence-corrected chi connectivity index (χ1v) is 8.76. The van der Waals surface area contributed by atoms with Crippen LogP contribution in [0.4, 0.5) is 0 Å². The first kappa shape index (κ1) is 14.7. The molecule has 1 heterocycles. The van der Waals surface area contributed by atoms with Crippen LogP contribution in [0.1, 0.15) is 21.9 Å². The van der Waals surface area contributed by atoms with E-state index in [4.69, 9.17) is 16.3 Å². The Hall–Kier alpha value is -1.90. The fourth-order valence-corrected chi connectivity index (χ4v) is 4.15. The number of rotatable bonds is 2. The Bertz CT molecular complexity index is 858. The van der Waals surface area contributed by atoms with Crippen LogP contribution in [-0.2, 0) is 0 Å². The minimum atomic E-state index is 0.177. The number of hydrogen-bond donors (Lipinski definition) is 0. The van der Waals surface area contributed by atoms with E-state index in [0.717, 1.165) is 22.1 Å². The molecule has 0 N–H and O–H groups in total. The SMILES string of the molecule is Cc1ccc(S[C@H]2c3ccccc3Oc3ccc(Cl)cc32)cc1. The average molecular weight is 339 g/mol. The number of thioether (sulfide) groups is 1. The number of fused-ring (bicyclic) bond motifs is 2. The molecule has 1 aliphatic rings. The van der Waals surface area contributed by atoms with Crippen molar-refractivity contribution < 1.29 is 4.74 Å². The van der Waals surface area contributed by atoms with Gasteiger partial charge in [0.2, 0.25) is 0 Å². The van der Waals surface area contributed by atoms with Crippen molar-refractivity contribution in [2.75, 3.05) is 0 Å². The van der Waals surface area contributed by atoms with Crippen molar-refractivity contribution in [3.8, 4) is 11.5 Å². The molecule has 0 fully saturated rings. The molecule has 0 aliphatic carbocycles. The van der Waals surface area contributed by atoms with Crippen LogP contribution in [0.3, 0.4) is 0 Å². The van der Waals surface area contributed by atoms with Gasteiger partial charge < -0.3 is 4.74 Å². The number of para-hydroxylation sites is 1. The summed E-state index contributed by atoms with van der Waals surface area (Å²) in [5.74, 6) is 1.81. The summed E-state index contributed by atoms with van der Waals surface area (Å²) in [5.41, 5.74) is 3.58. The lowest BCUT2D eigenvalue weighted by molar-refractivity contribution is 0.459. The monoisotopic (exact) mass is 338 g/mol. The van der Waals surface area contributed by atoms with Crippen LogP contribution in [0.5, 0.6) is 11.5 Å². The first-order chi connectivity index (χ1) is 11.2. The van der Waals surface area contributed by atoms with Crippen LogP contribution in [0.2, 0.25) is 5.02 Å². The molecule has 0 saturated heterocycles. The Kier molecular flexibility index (Phi) is 3.80. The summed E-state index contributed by atoms with van der Waals surface area (Å²) < 4.78 is 6.05. The number of ether oxygens (including phenoxy) is 1. The number of hydrogen-bond acceptors (Lipinski definition) is 2. The number of benzene rings is 3. The van der Waals surface area contributed by atoms with Gasteiger partial charge in [0.15, 0.2) is 0 Å². The fraction of sp³-hybridized carbons (Fsp3) is 0.100. The van der Waals surface area contributed by atoms with Crippen molar-refractivity contribution in [1.82, 2.24) is 0 Å². The highest BCUT2D eigenvalue weighted by Gasteiger charge is 2.28. The molecule has 1 nitrogen and oxygen atoms in total. The first-order valence-electron chi connectivity index (χ1n) is 7.50. The molecule has 0 radical (unpaired) electrons. The minimum Gasteiger partial charge on any atom is -0.457 e. The van der Waals surface area contributed by atoms with E-state index >= 15 is 0 Å². The quantitative estimate of drug-likeness (QED) is 0.518. The zero-order chi connectivity index (χ0) is 15.8. The van der Waals surface area contributed by atoms with E-state index in [1.165, 1.54) is 16.0 Å². The highest BCUT2D eigenvalue weighted by atomic mass is 35.5. The van der Waals surface area contributed by atoms with Crippen LogP contribution >= 0.6 is 23.4 Å². The van der Waals surface area contributed by atoms with Gasteiger partial charge in [0.25, 0.3) is 0 Å². The topological polar surface area (TPSA) is 9.23 Å². The van der Waals surface area contributed by atoms with E-state index in [1.54, 1.807) is 0 Å². The van der Waals surface area contributed by atoms with Crippen molar-refractivity contribution in [3.63, 3.8) is 0 Å². The summed E-state index contributed by atoms with van der Waals surface area (Å²) in [6, 6.07) is 22.7. The highest BCUT2D eigenvalue weighted by molar-refractivity contribution is 7.99. The molecule has 3 aromatic rings. The molecule has 0 aromatic heterocycles. The van der Waals surface area contributed by atoms with Crippen molar-refractivity contribution in [2.24, 2.45) is 0 Å². The third kappa shape index (κ3) is 2.85. The molecule has 23 heavy (non-hydrogen) atoms. The minimum absolute atomic E-state index is 0.177. The summed E-state index contributed by atoms with van der Waals surface area (Å²) >= 11 is 8.06. The van der Waals surface area contributed by atoms with Gasteiger partial charge in [0.05, 0.1) is 5.25 Å². The summed E-state index contributed by atoms with van der Waals surface area (Å²) in [7, 11) is 0. The predicted molar refractivity (Wildman–Crippen MR) is 96.8 cm³/mol. The summed E-state index contributed by atoms with van der Waals surface area (Å²) in [6.07, 6.45) is 0. The van der Waals surface area contributed by atoms with Gasteiger partial charge in [-0.1, -0.05) is 47.5 Å². The van der Waals surface area contributed by atoms with Crippen molar-refractivity contribution >= 4 is 23.4 Å². The van der Waals surface area contributed by atoms with Gasteiger partial charge in [-0.2, -0.15) is 0 Å². The van der Waals surface area contributed by atoms with Gasteiger partial charge >= 0.3 is 0 Å². The zero-order valence-corrected chi connectivity index (χ0v) is 14.2. The maximum atomic E-state index is 6.23. The number of halogens is 1. The smallest absolute Gasteiger partial charge is 0.132 e. The van der Waals surface area contributed by atoms with Gasteiger partial charge in [-0.15, -0.1) is 11.8 Å². The fourth-order valence-electron chi connectivity index (χ4n) is 2.77. The number of aryl methyl sites for hydroxylation is 1. The van der Waals surface area contributed by atoms with Gasteiger partial charge in [-0.25, -0.2) is 0 Å². The van der Waals surface area contributed by atoms with E-state index in [0.29, 0.717) is 0 Å². The molecule has 0 bridgehead atoms. The largest absolute Gasteiger partial charge is 0.457 e. The van der Waals surface area contributed by atoms with Crippen LogP contribution < -0.4 is 4.74 Å². The second kappa shape index (κ2) is 5.95. The normalized spacial score (nSPS) is 15.5. The summed E-state index contributed by atoms with van der Waals surface area (Å²) in [5, 5.41) is 0.914. The van der Waals surface area contributed by atoms with Crippen molar-refractivity contribution in [2.45, 2.75) is 17.1 Å². The summed E-state index contributed by atoms with van der Waals surface area (Å²) in [6.45, 7) is 2.10. The van der Waals surface area contributed by atoms with E-state index in [2.05, 4.69) is 43.3 Å². The lowest BCUT2D eigenvalue weighted by atomic mass is 10.00. The molecule has 4 rings (SSSR count). The highest BCUT2D eigenvalue weighted by Crippen LogP contribution is 2.51. The Morgan fingerprint density at radius 2 is 1.61 bits per heavy atom. The van der Waals surface area contributed by atoms with Crippen LogP contribution in [0.15, 0.2) is 71.6 Å². The third-order valence-corrected chi connectivity index (χ3v) is 5.47. The van der Waals surface area contributed by atoms with Crippen LogP contribution in [0.25, 0.3) is 0 Å². The zero-order valence-electron chi connectivity index (χ0n) is 12.6. The molecule has 0 saturated carbocycles. The van der Waals surface area contributed by atoms with E-state index in [9.17, 15) is 0 Å². The molecular formula is C20H15ClOS. The Labute approximate surface area is 145 Å². The Morgan fingerprint density at radius 1 is 0.870 bits per heavy atom. The average Bonchev–Trinajstić information content (AvgIpc) is 2.57. The van der Waals surface area contributed by atoms with Gasteiger partial charge in [0, 0.05) is 21.0 Å².